The van der Waals surface area contributed by atoms with Gasteiger partial charge in [-0.05, 0) is 80.3 Å². The monoisotopic (exact) mass is 527 g/mol. The number of aromatic hydroxyl groups is 1. The second kappa shape index (κ2) is 12.7. The number of hydrogen-bond donors (Lipinski definition) is 3. The number of benzene rings is 1. The number of hydrogen-bond acceptors (Lipinski definition) is 7. The first-order valence-corrected chi connectivity index (χ1v) is 13.6. The van der Waals surface area contributed by atoms with Gasteiger partial charge >= 0.3 is 6.09 Å². The van der Waals surface area contributed by atoms with Gasteiger partial charge in [-0.1, -0.05) is 43.9 Å². The SMILES string of the molecule is CCCC1=C([C@H](O)CC/C(=C/c2cc(C)c(O)c(C)c2)CCC)[C@H](CO)[C@@H]2C(=O)N(C(=O)OC)C(=O)[C@@H]2C1. The smallest absolute Gasteiger partial charge is 0.423 e. The Labute approximate surface area is 225 Å². The molecule has 0 spiro atoms. The van der Waals surface area contributed by atoms with Crippen LogP contribution < -0.4 is 0 Å². The van der Waals surface area contributed by atoms with Gasteiger partial charge < -0.3 is 20.1 Å². The van der Waals surface area contributed by atoms with Crippen LogP contribution in [-0.2, 0) is 14.3 Å². The molecule has 0 bridgehead atoms. The summed E-state index contributed by atoms with van der Waals surface area (Å²) in [7, 11) is 1.12. The van der Waals surface area contributed by atoms with Crippen molar-refractivity contribution in [3.63, 3.8) is 0 Å². The minimum atomic E-state index is -1.01. The van der Waals surface area contributed by atoms with Crippen LogP contribution in [0.4, 0.5) is 4.79 Å². The number of phenolic OH excluding ortho intramolecular Hbond substituents is 1. The van der Waals surface area contributed by atoms with Crippen LogP contribution in [0.2, 0.25) is 0 Å². The zero-order valence-electron chi connectivity index (χ0n) is 23.1. The highest BCUT2D eigenvalue weighted by atomic mass is 16.5. The summed E-state index contributed by atoms with van der Waals surface area (Å²) in [6.45, 7) is 7.43. The van der Waals surface area contributed by atoms with E-state index in [9.17, 15) is 29.7 Å². The highest BCUT2D eigenvalue weighted by Crippen LogP contribution is 2.47. The number of likely N-dealkylation sites (tertiary alicyclic amines) is 1. The second-order valence-electron chi connectivity index (χ2n) is 10.5. The van der Waals surface area contributed by atoms with Crippen molar-refractivity contribution in [1.29, 1.82) is 0 Å². The minimum Gasteiger partial charge on any atom is -0.507 e. The van der Waals surface area contributed by atoms with Crippen molar-refractivity contribution in [2.45, 2.75) is 78.7 Å². The van der Waals surface area contributed by atoms with E-state index in [0.717, 1.165) is 54.2 Å². The maximum Gasteiger partial charge on any atom is 0.423 e. The highest BCUT2D eigenvalue weighted by Gasteiger charge is 2.57. The number of phenols is 1. The molecule has 0 unspecified atom stereocenters. The number of carbonyl (C=O) groups excluding carboxylic acids is 3. The fourth-order valence-corrected chi connectivity index (χ4v) is 6.15. The van der Waals surface area contributed by atoms with E-state index in [-0.39, 0.29) is 6.42 Å². The minimum absolute atomic E-state index is 0.281. The molecule has 0 saturated carbocycles. The van der Waals surface area contributed by atoms with E-state index in [1.807, 2.05) is 32.9 Å². The van der Waals surface area contributed by atoms with Gasteiger partial charge in [0.2, 0.25) is 11.8 Å². The van der Waals surface area contributed by atoms with Crippen LogP contribution in [0, 0.1) is 31.6 Å². The molecule has 1 aliphatic heterocycles. The molecule has 1 heterocycles. The van der Waals surface area contributed by atoms with Crippen molar-refractivity contribution in [2.24, 2.45) is 17.8 Å². The van der Waals surface area contributed by atoms with E-state index < -0.39 is 48.4 Å². The molecule has 1 saturated heterocycles. The molecule has 3 amide bonds. The summed E-state index contributed by atoms with van der Waals surface area (Å²) in [6, 6.07) is 3.88. The Hall–Kier alpha value is -2.97. The van der Waals surface area contributed by atoms with Gasteiger partial charge in [-0.25, -0.2) is 4.79 Å². The van der Waals surface area contributed by atoms with E-state index in [1.54, 1.807) is 0 Å². The van der Waals surface area contributed by atoms with Crippen molar-refractivity contribution in [2.75, 3.05) is 13.7 Å². The number of ether oxygens (including phenoxy) is 1. The van der Waals surface area contributed by atoms with E-state index in [1.165, 1.54) is 0 Å². The zero-order chi connectivity index (χ0) is 28.1. The number of imide groups is 3. The van der Waals surface area contributed by atoms with E-state index in [4.69, 9.17) is 0 Å². The number of aryl methyl sites for hydroxylation is 2. The first kappa shape index (κ1) is 29.6. The number of allylic oxidation sites excluding steroid dienone is 2. The summed E-state index contributed by atoms with van der Waals surface area (Å²) in [4.78, 5) is 38.8. The summed E-state index contributed by atoms with van der Waals surface area (Å²) in [5.41, 5.74) is 5.29. The quantitative estimate of drug-likeness (QED) is 0.295. The predicted octanol–water partition coefficient (Wildman–Crippen LogP) is 4.81. The Morgan fingerprint density at radius 2 is 1.79 bits per heavy atom. The van der Waals surface area contributed by atoms with Crippen LogP contribution >= 0.6 is 0 Å². The first-order chi connectivity index (χ1) is 18.1. The largest absolute Gasteiger partial charge is 0.507 e. The Bertz CT molecular complexity index is 1110. The lowest BCUT2D eigenvalue weighted by atomic mass is 9.67. The van der Waals surface area contributed by atoms with Crippen LogP contribution in [0.25, 0.3) is 6.08 Å². The van der Waals surface area contributed by atoms with Crippen molar-refractivity contribution >= 4 is 24.0 Å². The van der Waals surface area contributed by atoms with E-state index in [2.05, 4.69) is 17.7 Å². The molecular weight excluding hydrogens is 486 g/mol. The van der Waals surface area contributed by atoms with Gasteiger partial charge in [0.15, 0.2) is 0 Å². The van der Waals surface area contributed by atoms with E-state index in [0.29, 0.717) is 35.5 Å². The second-order valence-corrected chi connectivity index (χ2v) is 10.5. The Morgan fingerprint density at radius 1 is 1.13 bits per heavy atom. The fourth-order valence-electron chi connectivity index (χ4n) is 6.15. The summed E-state index contributed by atoms with van der Waals surface area (Å²) >= 11 is 0. The summed E-state index contributed by atoms with van der Waals surface area (Å²) < 4.78 is 4.66. The molecule has 0 radical (unpaired) electrons. The molecule has 1 aliphatic carbocycles. The molecule has 3 rings (SSSR count). The summed E-state index contributed by atoms with van der Waals surface area (Å²) in [5, 5.41) is 31.9. The molecule has 1 aromatic rings. The third-order valence-corrected chi connectivity index (χ3v) is 7.84. The van der Waals surface area contributed by atoms with Crippen molar-refractivity contribution < 1.29 is 34.4 Å². The molecule has 2 aliphatic rings. The van der Waals surface area contributed by atoms with Crippen LogP contribution in [0.15, 0.2) is 28.9 Å². The molecule has 208 valence electrons. The van der Waals surface area contributed by atoms with Crippen molar-refractivity contribution in [1.82, 2.24) is 4.90 Å². The van der Waals surface area contributed by atoms with Gasteiger partial charge in [-0.3, -0.25) is 9.59 Å². The van der Waals surface area contributed by atoms with Gasteiger partial charge in [0, 0.05) is 5.92 Å². The standard InChI is InChI=1S/C30H41NO7/c1-6-8-19(14-20-12-17(3)27(34)18(4)13-20)10-11-24(33)25-21(9-7-2)15-22-26(23(25)16-32)29(36)31(28(22)35)30(37)38-5/h12-14,22-24,26,32-34H,6-11,15-16H2,1-5H3/b19-14+/t22-,23+,24-,26-/m1/s1. The average Bonchev–Trinajstić information content (AvgIpc) is 3.13. The molecule has 38 heavy (non-hydrogen) atoms. The van der Waals surface area contributed by atoms with Gasteiger partial charge in [0.1, 0.15) is 5.75 Å². The third kappa shape index (κ3) is 5.86. The molecular formula is C30H41NO7. The number of carbonyl (C=O) groups is 3. The van der Waals surface area contributed by atoms with Gasteiger partial charge in [-0.2, -0.15) is 4.90 Å². The Morgan fingerprint density at radius 3 is 2.34 bits per heavy atom. The Balaban J connectivity index is 1.89. The topological polar surface area (TPSA) is 124 Å². The normalized spacial score (nSPS) is 22.7. The van der Waals surface area contributed by atoms with Crippen molar-refractivity contribution in [3.05, 3.63) is 45.5 Å². The predicted molar refractivity (Wildman–Crippen MR) is 144 cm³/mol. The number of methoxy groups -OCH3 is 1. The zero-order valence-corrected chi connectivity index (χ0v) is 23.1. The summed E-state index contributed by atoms with van der Waals surface area (Å²) in [6.07, 6.45) is 4.69. The highest BCUT2D eigenvalue weighted by molar-refractivity contribution is 6.16. The molecule has 1 aromatic carbocycles. The molecule has 3 N–H and O–H groups in total. The molecule has 8 heteroatoms. The molecule has 4 atom stereocenters. The molecule has 8 nitrogen and oxygen atoms in total. The number of nitrogens with zero attached hydrogens (tertiary/aromatic N) is 1. The lowest BCUT2D eigenvalue weighted by molar-refractivity contribution is -0.137. The lowest BCUT2D eigenvalue weighted by Crippen LogP contribution is -2.40. The maximum atomic E-state index is 13.1. The van der Waals surface area contributed by atoms with Crippen LogP contribution in [-0.4, -0.2) is 57.9 Å². The lowest BCUT2D eigenvalue weighted by Gasteiger charge is -2.36. The third-order valence-electron chi connectivity index (χ3n) is 7.84. The van der Waals surface area contributed by atoms with Gasteiger partial charge in [0.25, 0.3) is 0 Å². The fraction of sp³-hybridized carbons (Fsp3) is 0.567. The van der Waals surface area contributed by atoms with Crippen LogP contribution in [0.1, 0.15) is 75.5 Å². The van der Waals surface area contributed by atoms with Crippen LogP contribution in [0.3, 0.4) is 0 Å². The molecule has 0 aromatic heterocycles. The number of fused-ring (bicyclic) bond motifs is 1. The Kier molecular flexibility index (Phi) is 9.90. The maximum absolute atomic E-state index is 13.1. The first-order valence-electron chi connectivity index (χ1n) is 13.6. The number of amides is 3. The van der Waals surface area contributed by atoms with Crippen LogP contribution in [0.5, 0.6) is 5.75 Å². The molecule has 1 fully saturated rings. The van der Waals surface area contributed by atoms with Gasteiger partial charge in [-0.15, -0.1) is 0 Å². The van der Waals surface area contributed by atoms with Crippen molar-refractivity contribution in [3.8, 4) is 5.75 Å². The average molecular weight is 528 g/mol. The van der Waals surface area contributed by atoms with Gasteiger partial charge in [0.05, 0.1) is 31.7 Å². The number of aliphatic hydroxyl groups is 2. The number of aliphatic hydroxyl groups excluding tert-OH is 2. The van der Waals surface area contributed by atoms with E-state index >= 15 is 0 Å². The summed E-state index contributed by atoms with van der Waals surface area (Å²) in [5.74, 6) is -3.35. The number of rotatable bonds is 10.